The van der Waals surface area contributed by atoms with E-state index in [1.807, 2.05) is 0 Å². The maximum absolute atomic E-state index is 13.3. The normalized spacial score (nSPS) is 9.61. The lowest BCUT2D eigenvalue weighted by molar-refractivity contribution is -0.384. The molecule has 0 spiro atoms. The van der Waals surface area contributed by atoms with Crippen molar-refractivity contribution in [1.29, 1.82) is 0 Å². The zero-order valence-corrected chi connectivity index (χ0v) is 8.66. The van der Waals surface area contributed by atoms with Crippen LogP contribution in [0, 0.1) is 15.9 Å². The molecule has 0 amide bonds. The number of hydrogen-bond donors (Lipinski definition) is 2. The fraction of sp³-hybridized carbons (Fsp3) is 0. The first-order chi connectivity index (χ1) is 8.32. The van der Waals surface area contributed by atoms with E-state index in [4.69, 9.17) is 10.2 Å². The molecule has 0 heterocycles. The van der Waals surface area contributed by atoms with Gasteiger partial charge in [-0.1, -0.05) is 0 Å². The largest absolute Gasteiger partial charge is 0.477 e. The van der Waals surface area contributed by atoms with Gasteiger partial charge < -0.3 is 10.2 Å². The summed E-state index contributed by atoms with van der Waals surface area (Å²) < 4.78 is 13.3. The molecule has 94 valence electrons. The topological polar surface area (TPSA) is 118 Å². The molecule has 1 aromatic rings. The van der Waals surface area contributed by atoms with Crippen LogP contribution in [-0.4, -0.2) is 27.1 Å². The van der Waals surface area contributed by atoms with Gasteiger partial charge in [-0.05, 0) is 12.1 Å². The minimum absolute atomic E-state index is 0.474. The smallest absolute Gasteiger partial charge is 0.343 e. The first kappa shape index (κ1) is 13.3. The summed E-state index contributed by atoms with van der Waals surface area (Å²) in [7, 11) is 0. The summed E-state index contributed by atoms with van der Waals surface area (Å²) in [5.74, 6) is -4.50. The van der Waals surface area contributed by atoms with Crippen LogP contribution in [0.25, 0.3) is 6.08 Å². The van der Waals surface area contributed by atoms with Crippen molar-refractivity contribution in [2.75, 3.05) is 0 Å². The molecule has 0 saturated heterocycles. The lowest BCUT2D eigenvalue weighted by Crippen LogP contribution is -2.11. The Kier molecular flexibility index (Phi) is 3.72. The van der Waals surface area contributed by atoms with Crippen molar-refractivity contribution in [2.24, 2.45) is 0 Å². The predicted octanol–water partition coefficient (Wildman–Crippen LogP) is 1.29. The van der Waals surface area contributed by atoms with E-state index in [2.05, 4.69) is 0 Å². The number of carboxylic acid groups (broad SMARTS) is 2. The molecule has 1 aromatic carbocycles. The zero-order valence-electron chi connectivity index (χ0n) is 8.66. The van der Waals surface area contributed by atoms with Crippen LogP contribution in [-0.2, 0) is 9.59 Å². The molecule has 0 saturated carbocycles. The van der Waals surface area contributed by atoms with Crippen molar-refractivity contribution in [3.05, 3.63) is 45.3 Å². The Hall–Kier alpha value is -2.77. The Morgan fingerprint density at radius 3 is 2.28 bits per heavy atom. The van der Waals surface area contributed by atoms with Gasteiger partial charge in [0, 0.05) is 17.7 Å². The summed E-state index contributed by atoms with van der Waals surface area (Å²) in [6.45, 7) is 0. The minimum Gasteiger partial charge on any atom is -0.477 e. The quantitative estimate of drug-likeness (QED) is 0.275. The number of nitro benzene ring substituents is 1. The van der Waals surface area contributed by atoms with Crippen molar-refractivity contribution in [1.82, 2.24) is 0 Å². The first-order valence-corrected chi connectivity index (χ1v) is 4.45. The number of hydrogen-bond acceptors (Lipinski definition) is 4. The van der Waals surface area contributed by atoms with Crippen LogP contribution in [0.1, 0.15) is 5.56 Å². The number of rotatable bonds is 4. The molecule has 0 atom stereocenters. The molecule has 0 aromatic heterocycles. The van der Waals surface area contributed by atoms with Crippen LogP contribution in [0.2, 0.25) is 0 Å². The van der Waals surface area contributed by atoms with E-state index in [1.54, 1.807) is 0 Å². The van der Waals surface area contributed by atoms with E-state index in [-0.39, 0.29) is 0 Å². The Bertz CT molecular complexity index is 549. The Morgan fingerprint density at radius 1 is 1.28 bits per heavy atom. The van der Waals surface area contributed by atoms with Crippen LogP contribution in [0.4, 0.5) is 10.1 Å². The molecule has 0 unspecified atom stereocenters. The molecule has 0 aliphatic rings. The van der Waals surface area contributed by atoms with Gasteiger partial charge in [-0.3, -0.25) is 10.1 Å². The van der Waals surface area contributed by atoms with Gasteiger partial charge in [-0.2, -0.15) is 0 Å². The predicted molar refractivity (Wildman–Crippen MR) is 56.3 cm³/mol. The van der Waals surface area contributed by atoms with Gasteiger partial charge >= 0.3 is 11.9 Å². The molecule has 18 heavy (non-hydrogen) atoms. The van der Waals surface area contributed by atoms with Crippen molar-refractivity contribution < 1.29 is 29.1 Å². The molecule has 0 aliphatic carbocycles. The highest BCUT2D eigenvalue weighted by atomic mass is 19.1. The molecular formula is C10H6FNO6. The SMILES string of the molecule is O=C(O)C(=Cc1cc([N+](=O)[O-])ccc1F)C(=O)O. The van der Waals surface area contributed by atoms with Crippen LogP contribution in [0.3, 0.4) is 0 Å². The van der Waals surface area contributed by atoms with Gasteiger partial charge in [0.2, 0.25) is 0 Å². The van der Waals surface area contributed by atoms with E-state index in [0.717, 1.165) is 18.2 Å². The van der Waals surface area contributed by atoms with E-state index < -0.39 is 39.5 Å². The highest BCUT2D eigenvalue weighted by Gasteiger charge is 2.18. The van der Waals surface area contributed by atoms with Crippen LogP contribution in [0.5, 0.6) is 0 Å². The maximum Gasteiger partial charge on any atom is 0.343 e. The number of non-ortho nitro benzene ring substituents is 1. The third kappa shape index (κ3) is 2.88. The standard InChI is InChI=1S/C10H6FNO6/c11-8-2-1-6(12(17)18)3-5(8)4-7(9(13)14)10(15)16/h1-4H,(H,13,14)(H,15,16). The average molecular weight is 255 g/mol. The van der Waals surface area contributed by atoms with Crippen LogP contribution >= 0.6 is 0 Å². The van der Waals surface area contributed by atoms with E-state index >= 15 is 0 Å². The second-order valence-electron chi connectivity index (χ2n) is 3.13. The monoisotopic (exact) mass is 255 g/mol. The second-order valence-corrected chi connectivity index (χ2v) is 3.13. The van der Waals surface area contributed by atoms with Gasteiger partial charge in [0.05, 0.1) is 4.92 Å². The fourth-order valence-corrected chi connectivity index (χ4v) is 1.13. The van der Waals surface area contributed by atoms with Gasteiger partial charge in [0.1, 0.15) is 11.4 Å². The third-order valence-electron chi connectivity index (χ3n) is 1.95. The number of carboxylic acids is 2. The first-order valence-electron chi connectivity index (χ1n) is 4.45. The average Bonchev–Trinajstić information content (AvgIpc) is 2.26. The van der Waals surface area contributed by atoms with Crippen LogP contribution in [0.15, 0.2) is 23.8 Å². The number of halogens is 1. The summed E-state index contributed by atoms with van der Waals surface area (Å²) in [4.78, 5) is 30.8. The summed E-state index contributed by atoms with van der Waals surface area (Å²) in [6.07, 6.45) is 0.521. The van der Waals surface area contributed by atoms with E-state index in [0.29, 0.717) is 6.08 Å². The highest BCUT2D eigenvalue weighted by molar-refractivity contribution is 6.16. The summed E-state index contributed by atoms with van der Waals surface area (Å²) in [5, 5.41) is 27.6. The number of benzene rings is 1. The van der Waals surface area contributed by atoms with Crippen LogP contribution < -0.4 is 0 Å². The zero-order chi connectivity index (χ0) is 13.9. The van der Waals surface area contributed by atoms with Gasteiger partial charge in [-0.25, -0.2) is 14.0 Å². The lowest BCUT2D eigenvalue weighted by Gasteiger charge is -1.99. The molecule has 0 bridgehead atoms. The highest BCUT2D eigenvalue weighted by Crippen LogP contribution is 2.19. The molecule has 7 nitrogen and oxygen atoms in total. The molecule has 0 fully saturated rings. The summed E-state index contributed by atoms with van der Waals surface area (Å²) in [5.41, 5.74) is -2.05. The third-order valence-corrected chi connectivity index (χ3v) is 1.95. The van der Waals surface area contributed by atoms with Gasteiger partial charge in [0.25, 0.3) is 5.69 Å². The van der Waals surface area contributed by atoms with Crippen molar-refractivity contribution in [3.8, 4) is 0 Å². The molecular weight excluding hydrogens is 249 g/mol. The number of carbonyl (C=O) groups is 2. The molecule has 0 radical (unpaired) electrons. The summed E-state index contributed by atoms with van der Waals surface area (Å²) in [6, 6.07) is 2.39. The number of aliphatic carboxylic acids is 2. The summed E-state index contributed by atoms with van der Waals surface area (Å²) >= 11 is 0. The van der Waals surface area contributed by atoms with Gasteiger partial charge in [0.15, 0.2) is 0 Å². The Balaban J connectivity index is 3.36. The maximum atomic E-state index is 13.3. The van der Waals surface area contributed by atoms with Crippen molar-refractivity contribution >= 4 is 23.7 Å². The molecule has 2 N–H and O–H groups in total. The molecule has 8 heteroatoms. The van der Waals surface area contributed by atoms with E-state index in [9.17, 15) is 24.1 Å². The Morgan fingerprint density at radius 2 is 1.83 bits per heavy atom. The minimum atomic E-state index is -1.77. The molecule has 0 aliphatic heterocycles. The lowest BCUT2D eigenvalue weighted by atomic mass is 10.1. The number of nitro groups is 1. The Labute approximate surface area is 98.9 Å². The molecule has 1 rings (SSSR count). The van der Waals surface area contributed by atoms with Gasteiger partial charge in [-0.15, -0.1) is 0 Å². The number of nitrogens with zero attached hydrogens (tertiary/aromatic N) is 1. The van der Waals surface area contributed by atoms with Crippen molar-refractivity contribution in [3.63, 3.8) is 0 Å². The fourth-order valence-electron chi connectivity index (χ4n) is 1.13. The second kappa shape index (κ2) is 5.04. The van der Waals surface area contributed by atoms with E-state index in [1.165, 1.54) is 0 Å². The van der Waals surface area contributed by atoms with Crippen molar-refractivity contribution in [2.45, 2.75) is 0 Å².